The van der Waals surface area contributed by atoms with Crippen molar-refractivity contribution < 1.29 is 39.1 Å². The van der Waals surface area contributed by atoms with Crippen LogP contribution in [0.25, 0.3) is 0 Å². The summed E-state index contributed by atoms with van der Waals surface area (Å²) in [4.78, 5) is 25.0. The summed E-state index contributed by atoms with van der Waals surface area (Å²) in [5.41, 5.74) is 2.39. The van der Waals surface area contributed by atoms with Gasteiger partial charge >= 0.3 is 0 Å². The Labute approximate surface area is 239 Å². The molecule has 41 heavy (non-hydrogen) atoms. The topological polar surface area (TPSA) is 123 Å². The van der Waals surface area contributed by atoms with Crippen LogP contribution in [0.5, 0.6) is 34.5 Å². The Kier molecular flexibility index (Phi) is 10.4. The number of hydrogen-bond acceptors (Lipinski definition) is 8. The highest BCUT2D eigenvalue weighted by Gasteiger charge is 2.22. The molecule has 0 fully saturated rings. The van der Waals surface area contributed by atoms with Crippen molar-refractivity contribution in [1.29, 1.82) is 0 Å². The molecule has 4 aromatic rings. The Hall–Kier alpha value is -4.98. The number of phenolic OH excluding ortho intramolecular Hbond substituents is 3. The molecule has 2 atom stereocenters. The lowest BCUT2D eigenvalue weighted by Gasteiger charge is -2.15. The number of benzene rings is 4. The first-order chi connectivity index (χ1) is 19.6. The fourth-order valence-corrected chi connectivity index (χ4v) is 4.16. The van der Waals surface area contributed by atoms with Gasteiger partial charge in [-0.05, 0) is 59.7 Å². The summed E-state index contributed by atoms with van der Waals surface area (Å²) in [6.45, 7) is 3.61. The third kappa shape index (κ3) is 7.57. The van der Waals surface area contributed by atoms with Crippen LogP contribution in [0.3, 0.4) is 0 Å². The summed E-state index contributed by atoms with van der Waals surface area (Å²) in [5, 5.41) is 28.1. The van der Waals surface area contributed by atoms with E-state index in [0.29, 0.717) is 17.1 Å². The van der Waals surface area contributed by atoms with Crippen molar-refractivity contribution in [3.05, 3.63) is 107 Å². The second-order valence-electron chi connectivity index (χ2n) is 9.30. The van der Waals surface area contributed by atoms with Gasteiger partial charge in [0.2, 0.25) is 0 Å². The molecule has 8 heteroatoms. The molecule has 0 heterocycles. The summed E-state index contributed by atoms with van der Waals surface area (Å²) in [5.74, 6) is 0.788. The minimum Gasteiger partial charge on any atom is -0.508 e. The maximum Gasteiger partial charge on any atom is 0.173 e. The van der Waals surface area contributed by atoms with Crippen LogP contribution >= 0.6 is 0 Å². The number of hydrogen-bond donors (Lipinski definition) is 3. The van der Waals surface area contributed by atoms with Gasteiger partial charge in [0.25, 0.3) is 0 Å². The van der Waals surface area contributed by atoms with E-state index in [0.717, 1.165) is 22.9 Å². The summed E-state index contributed by atoms with van der Waals surface area (Å²) < 4.78 is 15.6. The lowest BCUT2D eigenvalue weighted by atomic mass is 9.92. The highest BCUT2D eigenvalue weighted by Crippen LogP contribution is 2.31. The molecular weight excluding hydrogens is 524 g/mol. The van der Waals surface area contributed by atoms with E-state index in [1.54, 1.807) is 58.6 Å². The van der Waals surface area contributed by atoms with Gasteiger partial charge in [-0.15, -0.1) is 0 Å². The number of Topliss-reactive ketones (excluding diaryl/α,β-unsaturated/α-hetero) is 2. The van der Waals surface area contributed by atoms with Gasteiger partial charge in [-0.25, -0.2) is 0 Å². The van der Waals surface area contributed by atoms with Crippen LogP contribution in [-0.4, -0.2) is 48.2 Å². The third-order valence-electron chi connectivity index (χ3n) is 6.72. The van der Waals surface area contributed by atoms with Crippen LogP contribution < -0.4 is 14.2 Å². The number of carbonyl (C=O) groups excluding carboxylic acids is 2. The predicted octanol–water partition coefficient (Wildman–Crippen LogP) is 6.49. The number of rotatable bonds is 9. The number of phenols is 3. The average Bonchev–Trinajstić information content (AvgIpc) is 3.00. The van der Waals surface area contributed by atoms with Crippen molar-refractivity contribution in [2.75, 3.05) is 21.3 Å². The largest absolute Gasteiger partial charge is 0.508 e. The van der Waals surface area contributed by atoms with Gasteiger partial charge < -0.3 is 29.5 Å². The Bertz CT molecular complexity index is 1480. The maximum absolute atomic E-state index is 12.7. The molecule has 0 aromatic heterocycles. The Morgan fingerprint density at radius 2 is 1.02 bits per heavy atom. The quantitative estimate of drug-likeness (QED) is 0.199. The molecule has 214 valence electrons. The smallest absolute Gasteiger partial charge is 0.173 e. The molecule has 0 aliphatic heterocycles. The van der Waals surface area contributed by atoms with Crippen LogP contribution in [0.1, 0.15) is 57.5 Å². The van der Waals surface area contributed by atoms with Crippen molar-refractivity contribution in [3.8, 4) is 34.5 Å². The van der Waals surface area contributed by atoms with Crippen molar-refractivity contribution in [3.63, 3.8) is 0 Å². The maximum atomic E-state index is 12.7. The normalized spacial score (nSPS) is 11.8. The molecule has 2 unspecified atom stereocenters. The second-order valence-corrected chi connectivity index (χ2v) is 9.30. The zero-order valence-electron chi connectivity index (χ0n) is 23.6. The van der Waals surface area contributed by atoms with E-state index in [9.17, 15) is 24.9 Å². The highest BCUT2D eigenvalue weighted by molar-refractivity contribution is 6.03. The van der Waals surface area contributed by atoms with Gasteiger partial charge in [-0.1, -0.05) is 38.1 Å². The van der Waals surface area contributed by atoms with Crippen LogP contribution in [0.2, 0.25) is 0 Å². The molecular formula is C33H34O8. The highest BCUT2D eigenvalue weighted by atomic mass is 16.5. The lowest BCUT2D eigenvalue weighted by molar-refractivity contribution is 0.0955. The van der Waals surface area contributed by atoms with Crippen LogP contribution in [0, 0.1) is 0 Å². The molecule has 0 aliphatic carbocycles. The average molecular weight is 559 g/mol. The van der Waals surface area contributed by atoms with Crippen LogP contribution in [-0.2, 0) is 0 Å². The van der Waals surface area contributed by atoms with E-state index in [1.807, 2.05) is 31.2 Å². The minimum absolute atomic E-state index is 0.00432. The molecule has 0 saturated heterocycles. The summed E-state index contributed by atoms with van der Waals surface area (Å²) in [6, 6.07) is 22.9. The minimum atomic E-state index is -0.448. The predicted molar refractivity (Wildman–Crippen MR) is 156 cm³/mol. The monoisotopic (exact) mass is 558 g/mol. The van der Waals surface area contributed by atoms with Crippen molar-refractivity contribution >= 4 is 11.6 Å². The zero-order chi connectivity index (χ0) is 30.1. The SMILES string of the molecule is CC(C(=O)c1ccc(O)cc1O)c1ccc(O)cc1.COc1ccc(C(C)C(=O)c2ccc(OC)cc2OC)cc1. The fraction of sp³-hybridized carbons (Fsp3) is 0.212. The van der Waals surface area contributed by atoms with E-state index < -0.39 is 5.92 Å². The molecule has 0 spiro atoms. The summed E-state index contributed by atoms with van der Waals surface area (Å²) in [7, 11) is 4.74. The molecule has 0 saturated carbocycles. The number of ketones is 2. The van der Waals surface area contributed by atoms with E-state index in [1.165, 1.54) is 24.3 Å². The van der Waals surface area contributed by atoms with Gasteiger partial charge in [0.05, 0.1) is 32.5 Å². The second kappa shape index (κ2) is 13.9. The molecule has 4 aromatic carbocycles. The molecule has 8 nitrogen and oxygen atoms in total. The number of ether oxygens (including phenoxy) is 3. The Morgan fingerprint density at radius 1 is 0.561 bits per heavy atom. The lowest BCUT2D eigenvalue weighted by Crippen LogP contribution is -2.11. The number of methoxy groups -OCH3 is 3. The van der Waals surface area contributed by atoms with Crippen LogP contribution in [0.15, 0.2) is 84.9 Å². The van der Waals surface area contributed by atoms with E-state index in [4.69, 9.17) is 14.2 Å². The van der Waals surface area contributed by atoms with Gasteiger partial charge in [-0.3, -0.25) is 9.59 Å². The van der Waals surface area contributed by atoms with Gasteiger partial charge in [0.1, 0.15) is 34.5 Å². The molecule has 0 bridgehead atoms. The van der Waals surface area contributed by atoms with E-state index in [-0.39, 0.29) is 40.3 Å². The molecule has 0 amide bonds. The fourth-order valence-electron chi connectivity index (χ4n) is 4.16. The first kappa shape index (κ1) is 30.6. The third-order valence-corrected chi connectivity index (χ3v) is 6.72. The molecule has 3 N–H and O–H groups in total. The van der Waals surface area contributed by atoms with Gasteiger partial charge in [0.15, 0.2) is 11.6 Å². The van der Waals surface area contributed by atoms with Gasteiger partial charge in [-0.2, -0.15) is 0 Å². The molecule has 0 aliphatic rings. The standard InChI is InChI=1S/C18H20O4.C15H14O4/c1-12(13-5-7-14(20-2)8-6-13)18(19)16-10-9-15(21-3)11-17(16)22-4;1-9(10-2-4-11(16)5-3-10)15(19)13-7-6-12(17)8-14(13)18/h5-12H,1-4H3;2-9,16-18H,1H3. The van der Waals surface area contributed by atoms with E-state index >= 15 is 0 Å². The van der Waals surface area contributed by atoms with Crippen LogP contribution in [0.4, 0.5) is 0 Å². The van der Waals surface area contributed by atoms with Crippen molar-refractivity contribution in [2.24, 2.45) is 0 Å². The van der Waals surface area contributed by atoms with Crippen molar-refractivity contribution in [2.45, 2.75) is 25.7 Å². The molecule has 4 rings (SSSR count). The number of aromatic hydroxyl groups is 3. The van der Waals surface area contributed by atoms with Gasteiger partial charge in [0, 0.05) is 24.0 Å². The number of carbonyl (C=O) groups is 2. The van der Waals surface area contributed by atoms with Crippen molar-refractivity contribution in [1.82, 2.24) is 0 Å². The first-order valence-electron chi connectivity index (χ1n) is 12.8. The molecule has 0 radical (unpaired) electrons. The Morgan fingerprint density at radius 3 is 1.54 bits per heavy atom. The first-order valence-corrected chi connectivity index (χ1v) is 12.8. The summed E-state index contributed by atoms with van der Waals surface area (Å²) in [6.07, 6.45) is 0. The van der Waals surface area contributed by atoms with E-state index in [2.05, 4.69) is 0 Å². The summed E-state index contributed by atoms with van der Waals surface area (Å²) >= 11 is 0. The zero-order valence-corrected chi connectivity index (χ0v) is 23.6. The Balaban J connectivity index is 0.000000228.